The standard InChI is InChI=1S/C18H31N3O2/c22-17(19-15-8-2-1-3-9-15)13-21-11-5-10-16(12-21)20-18(23)14-6-4-7-14/h14-16H,1-13H2,(H,19,22)(H,20,23). The summed E-state index contributed by atoms with van der Waals surface area (Å²) in [6, 6.07) is 0.606. The first-order valence-corrected chi connectivity index (χ1v) is 9.53. The van der Waals surface area contributed by atoms with Crippen LogP contribution in [0.25, 0.3) is 0 Å². The molecule has 0 aromatic rings. The maximum Gasteiger partial charge on any atom is 0.234 e. The Kier molecular flexibility index (Phi) is 5.92. The number of rotatable bonds is 5. The van der Waals surface area contributed by atoms with Crippen LogP contribution in [0.3, 0.4) is 0 Å². The van der Waals surface area contributed by atoms with Crippen molar-refractivity contribution in [1.29, 1.82) is 0 Å². The summed E-state index contributed by atoms with van der Waals surface area (Å²) < 4.78 is 0. The van der Waals surface area contributed by atoms with Gasteiger partial charge in [-0.25, -0.2) is 0 Å². The summed E-state index contributed by atoms with van der Waals surface area (Å²) in [7, 11) is 0. The second-order valence-corrected chi connectivity index (χ2v) is 7.61. The van der Waals surface area contributed by atoms with Crippen molar-refractivity contribution in [2.24, 2.45) is 5.92 Å². The Balaban J connectivity index is 1.39. The monoisotopic (exact) mass is 321 g/mol. The third kappa shape index (κ3) is 4.93. The molecular weight excluding hydrogens is 290 g/mol. The van der Waals surface area contributed by atoms with Crippen LogP contribution in [-0.2, 0) is 9.59 Å². The third-order valence-corrected chi connectivity index (χ3v) is 5.67. The number of carbonyl (C=O) groups is 2. The molecule has 1 atom stereocenters. The lowest BCUT2D eigenvalue weighted by Gasteiger charge is -2.35. The topological polar surface area (TPSA) is 61.4 Å². The zero-order valence-electron chi connectivity index (χ0n) is 14.2. The number of nitrogens with zero attached hydrogens (tertiary/aromatic N) is 1. The van der Waals surface area contributed by atoms with Gasteiger partial charge in [0.2, 0.25) is 11.8 Å². The van der Waals surface area contributed by atoms with Crippen LogP contribution in [0.5, 0.6) is 0 Å². The molecule has 2 aliphatic carbocycles. The van der Waals surface area contributed by atoms with E-state index >= 15 is 0 Å². The van der Waals surface area contributed by atoms with Crippen LogP contribution in [-0.4, -0.2) is 48.4 Å². The van der Waals surface area contributed by atoms with E-state index in [1.54, 1.807) is 0 Å². The van der Waals surface area contributed by atoms with Gasteiger partial charge < -0.3 is 10.6 Å². The van der Waals surface area contributed by atoms with Crippen molar-refractivity contribution < 1.29 is 9.59 Å². The van der Waals surface area contributed by atoms with Gasteiger partial charge in [-0.1, -0.05) is 25.7 Å². The van der Waals surface area contributed by atoms with E-state index in [1.165, 1.54) is 25.7 Å². The molecule has 0 aromatic heterocycles. The van der Waals surface area contributed by atoms with E-state index < -0.39 is 0 Å². The quantitative estimate of drug-likeness (QED) is 0.812. The highest BCUT2D eigenvalue weighted by Gasteiger charge is 2.29. The van der Waals surface area contributed by atoms with Crippen LogP contribution in [0.2, 0.25) is 0 Å². The van der Waals surface area contributed by atoms with Gasteiger partial charge in [-0.2, -0.15) is 0 Å². The Morgan fingerprint density at radius 2 is 1.57 bits per heavy atom. The van der Waals surface area contributed by atoms with Crippen LogP contribution < -0.4 is 10.6 Å². The minimum atomic E-state index is 0.155. The molecule has 3 rings (SSSR count). The number of piperidine rings is 1. The van der Waals surface area contributed by atoms with E-state index in [0.29, 0.717) is 12.6 Å². The number of likely N-dealkylation sites (tertiary alicyclic amines) is 1. The fraction of sp³-hybridized carbons (Fsp3) is 0.889. The molecule has 2 N–H and O–H groups in total. The summed E-state index contributed by atoms with van der Waals surface area (Å²) >= 11 is 0. The molecule has 5 heteroatoms. The van der Waals surface area contributed by atoms with Crippen molar-refractivity contribution in [3.63, 3.8) is 0 Å². The van der Waals surface area contributed by atoms with E-state index in [1.807, 2.05) is 0 Å². The van der Waals surface area contributed by atoms with Gasteiger partial charge >= 0.3 is 0 Å². The number of hydrogen-bond acceptors (Lipinski definition) is 3. The predicted octanol–water partition coefficient (Wildman–Crippen LogP) is 1.82. The zero-order valence-corrected chi connectivity index (χ0v) is 14.2. The first-order valence-electron chi connectivity index (χ1n) is 9.53. The summed E-state index contributed by atoms with van der Waals surface area (Å²) in [5.74, 6) is 0.637. The lowest BCUT2D eigenvalue weighted by Crippen LogP contribution is -2.52. The molecular formula is C18H31N3O2. The lowest BCUT2D eigenvalue weighted by molar-refractivity contribution is -0.128. The highest BCUT2D eigenvalue weighted by atomic mass is 16.2. The van der Waals surface area contributed by atoms with E-state index in [2.05, 4.69) is 15.5 Å². The molecule has 1 unspecified atom stereocenters. The summed E-state index contributed by atoms with van der Waals surface area (Å²) in [6.07, 6.45) is 11.4. The summed E-state index contributed by atoms with van der Waals surface area (Å²) in [6.45, 7) is 2.26. The van der Waals surface area contributed by atoms with Crippen molar-refractivity contribution >= 4 is 11.8 Å². The Morgan fingerprint density at radius 1 is 0.826 bits per heavy atom. The van der Waals surface area contributed by atoms with Gasteiger partial charge in [0.05, 0.1) is 6.54 Å². The van der Waals surface area contributed by atoms with Gasteiger partial charge in [-0.3, -0.25) is 14.5 Å². The first kappa shape index (κ1) is 16.7. The molecule has 3 aliphatic rings. The number of carbonyl (C=O) groups excluding carboxylic acids is 2. The van der Waals surface area contributed by atoms with Crippen LogP contribution in [0, 0.1) is 5.92 Å². The number of hydrogen-bond donors (Lipinski definition) is 2. The molecule has 0 bridgehead atoms. The van der Waals surface area contributed by atoms with Crippen molar-refractivity contribution in [3.05, 3.63) is 0 Å². The van der Waals surface area contributed by atoms with Crippen molar-refractivity contribution in [2.75, 3.05) is 19.6 Å². The van der Waals surface area contributed by atoms with Gasteiger partial charge in [0, 0.05) is 24.5 Å². The molecule has 5 nitrogen and oxygen atoms in total. The maximum absolute atomic E-state index is 12.2. The second kappa shape index (κ2) is 8.13. The average molecular weight is 321 g/mol. The second-order valence-electron chi connectivity index (χ2n) is 7.61. The Bertz CT molecular complexity index is 416. The lowest BCUT2D eigenvalue weighted by atomic mass is 9.84. The van der Waals surface area contributed by atoms with E-state index in [-0.39, 0.29) is 23.8 Å². The Hall–Kier alpha value is -1.10. The van der Waals surface area contributed by atoms with Crippen LogP contribution in [0.1, 0.15) is 64.2 Å². The van der Waals surface area contributed by atoms with Crippen molar-refractivity contribution in [2.45, 2.75) is 76.3 Å². The average Bonchev–Trinajstić information content (AvgIpc) is 2.46. The highest BCUT2D eigenvalue weighted by molar-refractivity contribution is 5.80. The van der Waals surface area contributed by atoms with Crippen molar-refractivity contribution in [1.82, 2.24) is 15.5 Å². The van der Waals surface area contributed by atoms with Crippen LogP contribution in [0.4, 0.5) is 0 Å². The summed E-state index contributed by atoms with van der Waals surface area (Å²) in [5.41, 5.74) is 0. The normalized spacial score (nSPS) is 27.2. The molecule has 0 aromatic carbocycles. The summed E-state index contributed by atoms with van der Waals surface area (Å²) in [5, 5.41) is 6.38. The smallest absolute Gasteiger partial charge is 0.234 e. The molecule has 3 fully saturated rings. The van der Waals surface area contributed by atoms with Gasteiger partial charge in [0.15, 0.2) is 0 Å². The zero-order chi connectivity index (χ0) is 16.1. The minimum Gasteiger partial charge on any atom is -0.352 e. The van der Waals surface area contributed by atoms with E-state index in [4.69, 9.17) is 0 Å². The van der Waals surface area contributed by atoms with Gasteiger partial charge in [0.25, 0.3) is 0 Å². The van der Waals surface area contributed by atoms with Gasteiger partial charge in [-0.05, 0) is 45.1 Å². The molecule has 1 saturated heterocycles. The molecule has 0 spiro atoms. The Labute approximate surface area is 139 Å². The SMILES string of the molecule is O=C(CN1CCCC(NC(=O)C2CCC2)C1)NC1CCCCC1. The molecule has 2 saturated carbocycles. The molecule has 1 heterocycles. The third-order valence-electron chi connectivity index (χ3n) is 5.67. The molecule has 23 heavy (non-hydrogen) atoms. The van der Waals surface area contributed by atoms with Gasteiger partial charge in [-0.15, -0.1) is 0 Å². The Morgan fingerprint density at radius 3 is 2.26 bits per heavy atom. The highest BCUT2D eigenvalue weighted by Crippen LogP contribution is 2.26. The van der Waals surface area contributed by atoms with Gasteiger partial charge in [0.1, 0.15) is 0 Å². The van der Waals surface area contributed by atoms with Crippen LogP contribution >= 0.6 is 0 Å². The predicted molar refractivity (Wildman–Crippen MR) is 90.0 cm³/mol. The van der Waals surface area contributed by atoms with E-state index in [9.17, 15) is 9.59 Å². The largest absolute Gasteiger partial charge is 0.352 e. The minimum absolute atomic E-state index is 0.155. The van der Waals surface area contributed by atoms with E-state index in [0.717, 1.165) is 51.6 Å². The molecule has 2 amide bonds. The maximum atomic E-state index is 12.2. The van der Waals surface area contributed by atoms with Crippen molar-refractivity contribution in [3.8, 4) is 0 Å². The first-order chi connectivity index (χ1) is 11.2. The summed E-state index contributed by atoms with van der Waals surface area (Å²) in [4.78, 5) is 26.5. The fourth-order valence-corrected chi connectivity index (χ4v) is 4.03. The van der Waals surface area contributed by atoms with Crippen LogP contribution in [0.15, 0.2) is 0 Å². The fourth-order valence-electron chi connectivity index (χ4n) is 4.03. The number of amides is 2. The molecule has 130 valence electrons. The molecule has 1 aliphatic heterocycles. The number of nitrogens with one attached hydrogen (secondary N) is 2. The molecule has 0 radical (unpaired) electrons.